The number of aliphatic hydroxyl groups excluding tert-OH is 8. The Labute approximate surface area is 512 Å². The van der Waals surface area contributed by atoms with Crippen LogP contribution in [0.1, 0.15) is 309 Å². The summed E-state index contributed by atoms with van der Waals surface area (Å²) >= 11 is 0. The summed E-state index contributed by atoms with van der Waals surface area (Å²) in [4.78, 5) is 13.3. The van der Waals surface area contributed by atoms with E-state index in [2.05, 4.69) is 43.5 Å². The van der Waals surface area contributed by atoms with Crippen molar-refractivity contribution in [2.75, 3.05) is 19.8 Å². The van der Waals surface area contributed by atoms with Crippen molar-refractivity contribution in [1.82, 2.24) is 5.32 Å². The van der Waals surface area contributed by atoms with Gasteiger partial charge in [-0.2, -0.15) is 0 Å². The lowest BCUT2D eigenvalue weighted by Gasteiger charge is -2.46. The smallest absolute Gasteiger partial charge is 0.220 e. The summed E-state index contributed by atoms with van der Waals surface area (Å²) in [6, 6.07) is -0.937. The van der Waals surface area contributed by atoms with Gasteiger partial charge >= 0.3 is 0 Å². The number of amides is 1. The first-order valence-electron chi connectivity index (χ1n) is 35.2. The molecule has 1 amide bonds. The quantitative estimate of drug-likeness (QED) is 0.0204. The Morgan fingerprint density at radius 1 is 0.417 bits per heavy atom. The molecule has 2 heterocycles. The van der Waals surface area contributed by atoms with Crippen molar-refractivity contribution in [3.8, 4) is 0 Å². The second-order valence-corrected chi connectivity index (χ2v) is 25.0. The molecule has 2 fully saturated rings. The van der Waals surface area contributed by atoms with E-state index in [1.165, 1.54) is 231 Å². The lowest BCUT2D eigenvalue weighted by atomic mass is 9.97. The molecule has 9 N–H and O–H groups in total. The molecule has 0 bridgehead atoms. The van der Waals surface area contributed by atoms with Crippen molar-refractivity contribution >= 4 is 5.91 Å². The molecule has 2 aliphatic rings. The fourth-order valence-corrected chi connectivity index (χ4v) is 11.7. The Morgan fingerprint density at radius 2 is 0.762 bits per heavy atom. The number of nitrogens with one attached hydrogen (secondary N) is 1. The maximum atomic E-state index is 13.3. The SMILES string of the molecule is CCCCCCCCCCCC/C=C/CC/C=C/CC/C=C/C(O)C(COC1OC(CO)C(OC2OC(CO)C(O)C(O)C2O)C(O)C1O)NC(=O)CCCCCCCCCCCCCCCCCCCCCCCCCCCCCCCC. The third-order valence-electron chi connectivity index (χ3n) is 17.3. The van der Waals surface area contributed by atoms with Gasteiger partial charge < -0.3 is 65.1 Å². The van der Waals surface area contributed by atoms with Crippen LogP contribution in [0, 0.1) is 0 Å². The molecule has 0 aromatic rings. The van der Waals surface area contributed by atoms with Crippen LogP contribution in [0.3, 0.4) is 0 Å². The van der Waals surface area contributed by atoms with E-state index in [1.54, 1.807) is 6.08 Å². The van der Waals surface area contributed by atoms with Crippen LogP contribution in [0.4, 0.5) is 0 Å². The van der Waals surface area contributed by atoms with Gasteiger partial charge in [0.2, 0.25) is 5.91 Å². The summed E-state index contributed by atoms with van der Waals surface area (Å²) in [5, 5.41) is 87.3. The second-order valence-electron chi connectivity index (χ2n) is 25.0. The van der Waals surface area contributed by atoms with Crippen LogP contribution < -0.4 is 5.32 Å². The summed E-state index contributed by atoms with van der Waals surface area (Å²) in [6.45, 7) is 2.82. The van der Waals surface area contributed by atoms with Crippen molar-refractivity contribution in [3.05, 3.63) is 36.5 Å². The standard InChI is InChI=1S/C70H131NO13/c1-3-5-7-9-11-13-15-17-19-21-23-25-26-27-28-29-30-31-32-33-34-36-38-40-42-44-46-48-50-52-54-62(75)71-58(59(74)53-51-49-47-45-43-41-39-37-35-24-22-20-18-16-14-12-10-8-6-4-2)57-81-69-67(80)65(78)68(61(56-73)83-69)84-70-66(79)64(77)63(76)60(55-72)82-70/h35,37,43,45,51,53,58-61,63-70,72-74,76-80H,3-34,36,38-42,44,46-50,52,54-57H2,1-2H3,(H,71,75)/b37-35+,45-43+,53-51+. The van der Waals surface area contributed by atoms with Crippen LogP contribution in [-0.2, 0) is 23.7 Å². The van der Waals surface area contributed by atoms with Crippen molar-refractivity contribution in [1.29, 1.82) is 0 Å². The topological polar surface area (TPSA) is 228 Å². The lowest BCUT2D eigenvalue weighted by molar-refractivity contribution is -0.359. The molecule has 0 radical (unpaired) electrons. The van der Waals surface area contributed by atoms with E-state index < -0.39 is 86.8 Å². The molecule has 494 valence electrons. The first-order valence-corrected chi connectivity index (χ1v) is 35.2. The first kappa shape index (κ1) is 78.3. The zero-order valence-electron chi connectivity index (χ0n) is 53.7. The van der Waals surface area contributed by atoms with Crippen LogP contribution in [-0.4, -0.2) is 140 Å². The third-order valence-corrected chi connectivity index (χ3v) is 17.3. The molecule has 2 rings (SSSR count). The zero-order chi connectivity index (χ0) is 60.9. The molecule has 0 aromatic heterocycles. The van der Waals surface area contributed by atoms with Gasteiger partial charge in [-0.1, -0.05) is 294 Å². The Kier molecular flexibility index (Phi) is 51.5. The Morgan fingerprint density at radius 3 is 1.17 bits per heavy atom. The minimum Gasteiger partial charge on any atom is -0.394 e. The summed E-state index contributed by atoms with van der Waals surface area (Å²) in [5.74, 6) is -0.247. The molecule has 0 saturated carbocycles. The fourth-order valence-electron chi connectivity index (χ4n) is 11.7. The van der Waals surface area contributed by atoms with Gasteiger partial charge in [-0.05, 0) is 44.9 Å². The van der Waals surface area contributed by atoms with Gasteiger partial charge in [-0.3, -0.25) is 4.79 Å². The number of carbonyl (C=O) groups excluding carboxylic acids is 1. The molecule has 14 heteroatoms. The minimum absolute atomic E-state index is 0.247. The first-order chi connectivity index (χ1) is 41.1. The number of rotatable bonds is 58. The molecule has 12 atom stereocenters. The van der Waals surface area contributed by atoms with Crippen molar-refractivity contribution in [2.24, 2.45) is 0 Å². The van der Waals surface area contributed by atoms with Crippen LogP contribution in [0.25, 0.3) is 0 Å². The highest BCUT2D eigenvalue weighted by atomic mass is 16.7. The van der Waals surface area contributed by atoms with E-state index in [0.717, 1.165) is 44.9 Å². The number of hydrogen-bond acceptors (Lipinski definition) is 13. The van der Waals surface area contributed by atoms with Crippen molar-refractivity contribution in [3.63, 3.8) is 0 Å². The highest BCUT2D eigenvalue weighted by molar-refractivity contribution is 5.76. The molecule has 12 unspecified atom stereocenters. The Balaban J connectivity index is 1.67. The maximum Gasteiger partial charge on any atom is 0.220 e. The molecule has 14 nitrogen and oxygen atoms in total. The van der Waals surface area contributed by atoms with E-state index in [0.29, 0.717) is 12.8 Å². The number of allylic oxidation sites excluding steroid dienone is 5. The Bertz CT molecular complexity index is 1550. The average Bonchev–Trinajstić information content (AvgIpc) is 3.62. The van der Waals surface area contributed by atoms with E-state index in [9.17, 15) is 45.6 Å². The molecule has 84 heavy (non-hydrogen) atoms. The largest absolute Gasteiger partial charge is 0.394 e. The molecule has 0 spiro atoms. The fraction of sp³-hybridized carbons (Fsp3) is 0.900. The van der Waals surface area contributed by atoms with Gasteiger partial charge in [0.25, 0.3) is 0 Å². The van der Waals surface area contributed by atoms with Gasteiger partial charge in [0.1, 0.15) is 48.8 Å². The molecule has 0 aliphatic carbocycles. The van der Waals surface area contributed by atoms with Crippen LogP contribution in [0.15, 0.2) is 36.5 Å². The maximum absolute atomic E-state index is 13.3. The van der Waals surface area contributed by atoms with Gasteiger partial charge in [0.15, 0.2) is 12.6 Å². The van der Waals surface area contributed by atoms with E-state index in [-0.39, 0.29) is 18.9 Å². The summed E-state index contributed by atoms with van der Waals surface area (Å²) in [5.41, 5.74) is 0. The summed E-state index contributed by atoms with van der Waals surface area (Å²) < 4.78 is 22.8. The van der Waals surface area contributed by atoms with E-state index in [4.69, 9.17) is 18.9 Å². The van der Waals surface area contributed by atoms with Crippen LogP contribution in [0.5, 0.6) is 0 Å². The van der Waals surface area contributed by atoms with Gasteiger partial charge in [-0.25, -0.2) is 0 Å². The van der Waals surface area contributed by atoms with Crippen molar-refractivity contribution in [2.45, 2.75) is 383 Å². The monoisotopic (exact) mass is 1190 g/mol. The molecule has 2 aliphatic heterocycles. The number of ether oxygens (including phenoxy) is 4. The van der Waals surface area contributed by atoms with Crippen molar-refractivity contribution < 1.29 is 64.6 Å². The zero-order valence-corrected chi connectivity index (χ0v) is 53.7. The third kappa shape index (κ3) is 39.3. The molecule has 2 saturated heterocycles. The van der Waals surface area contributed by atoms with E-state index >= 15 is 0 Å². The number of aliphatic hydroxyl groups is 8. The molecule has 0 aromatic carbocycles. The summed E-state index contributed by atoms with van der Waals surface area (Å²) in [7, 11) is 0. The Hall–Kier alpha value is -1.79. The van der Waals surface area contributed by atoms with E-state index in [1.807, 2.05) is 6.08 Å². The number of hydrogen-bond donors (Lipinski definition) is 9. The predicted molar refractivity (Wildman–Crippen MR) is 341 cm³/mol. The second kappa shape index (κ2) is 55.3. The van der Waals surface area contributed by atoms with Crippen LogP contribution in [0.2, 0.25) is 0 Å². The lowest BCUT2D eigenvalue weighted by Crippen LogP contribution is -2.65. The predicted octanol–water partition coefficient (Wildman–Crippen LogP) is 14.1. The van der Waals surface area contributed by atoms with Gasteiger partial charge in [-0.15, -0.1) is 0 Å². The highest BCUT2D eigenvalue weighted by Gasteiger charge is 2.51. The molecular formula is C70H131NO13. The normalized spacial score (nSPS) is 23.8. The van der Waals surface area contributed by atoms with Gasteiger partial charge in [0, 0.05) is 6.42 Å². The van der Waals surface area contributed by atoms with Crippen LogP contribution >= 0.6 is 0 Å². The summed E-state index contributed by atoms with van der Waals surface area (Å²) in [6.07, 6.45) is 53.6. The number of carbonyl (C=O) groups is 1. The highest BCUT2D eigenvalue weighted by Crippen LogP contribution is 2.30. The minimum atomic E-state index is -1.79. The van der Waals surface area contributed by atoms with Gasteiger partial charge in [0.05, 0.1) is 32.0 Å². The average molecular weight is 1190 g/mol. The molecular weight excluding hydrogens is 1060 g/mol. The number of unbranched alkanes of at least 4 members (excludes halogenated alkanes) is 41.